The molecule has 1 aliphatic carbocycles. The van der Waals surface area contributed by atoms with Crippen molar-refractivity contribution in [3.63, 3.8) is 0 Å². The summed E-state index contributed by atoms with van der Waals surface area (Å²) in [4.78, 5) is 7.81. The Kier molecular flexibility index (Phi) is 6.09. The Bertz CT molecular complexity index is 2600. The Hall–Kier alpha value is -6.15. The van der Waals surface area contributed by atoms with E-state index in [-0.39, 0.29) is 0 Å². The van der Waals surface area contributed by atoms with Crippen LogP contribution in [-0.4, -0.2) is 9.55 Å². The molecule has 0 N–H and O–H groups in total. The number of hydrogen-bond donors (Lipinski definition) is 0. The number of fused-ring (bicyclic) bond motifs is 10. The molecule has 1 aliphatic heterocycles. The fourth-order valence-electron chi connectivity index (χ4n) is 8.08. The molecule has 49 heavy (non-hydrogen) atoms. The Labute approximate surface area is 288 Å². The van der Waals surface area contributed by atoms with Gasteiger partial charge in [-0.05, 0) is 99.1 Å². The van der Waals surface area contributed by atoms with Crippen LogP contribution in [0.4, 0.5) is 0 Å². The summed E-state index contributed by atoms with van der Waals surface area (Å²) in [6, 6.07) is 60.7. The number of benzene rings is 7. The minimum Gasteiger partial charge on any atom is -0.292 e. The second-order valence-corrected chi connectivity index (χ2v) is 13.7. The van der Waals surface area contributed by atoms with E-state index >= 15 is 0 Å². The Morgan fingerprint density at radius 3 is 1.92 bits per heavy atom. The highest BCUT2D eigenvalue weighted by Crippen LogP contribution is 2.63. The molecule has 3 nitrogen and oxygen atoms in total. The summed E-state index contributed by atoms with van der Waals surface area (Å²) < 4.78 is 2.28. The van der Waals surface area contributed by atoms with E-state index in [9.17, 15) is 5.26 Å². The molecule has 7 aromatic carbocycles. The van der Waals surface area contributed by atoms with Crippen LogP contribution < -0.4 is 0 Å². The minimum absolute atomic E-state index is 0.536. The van der Waals surface area contributed by atoms with Gasteiger partial charge in [0, 0.05) is 21.0 Å². The van der Waals surface area contributed by atoms with Crippen LogP contribution in [-0.2, 0) is 5.41 Å². The van der Waals surface area contributed by atoms with Crippen molar-refractivity contribution in [2.45, 2.75) is 15.2 Å². The van der Waals surface area contributed by atoms with Gasteiger partial charge in [0.25, 0.3) is 0 Å². The van der Waals surface area contributed by atoms with E-state index in [1.54, 1.807) is 0 Å². The van der Waals surface area contributed by atoms with Gasteiger partial charge in [-0.3, -0.25) is 4.57 Å². The molecule has 10 rings (SSSR count). The molecule has 0 saturated carbocycles. The van der Waals surface area contributed by atoms with Crippen molar-refractivity contribution < 1.29 is 0 Å². The van der Waals surface area contributed by atoms with Crippen LogP contribution in [0.25, 0.3) is 50.4 Å². The number of rotatable bonds is 3. The number of para-hydroxylation sites is 3. The smallest absolute Gasteiger partial charge is 0.145 e. The van der Waals surface area contributed by atoms with E-state index in [4.69, 9.17) is 4.98 Å². The number of hydrogen-bond acceptors (Lipinski definition) is 3. The summed E-state index contributed by atoms with van der Waals surface area (Å²) >= 11 is 1.84. The fraction of sp³-hybridized carbons (Fsp3) is 0.0222. The van der Waals surface area contributed by atoms with Crippen LogP contribution >= 0.6 is 11.8 Å². The van der Waals surface area contributed by atoms with E-state index in [0.29, 0.717) is 5.56 Å². The van der Waals surface area contributed by atoms with Crippen molar-refractivity contribution in [3.8, 4) is 45.4 Å². The zero-order chi connectivity index (χ0) is 32.5. The number of nitriles is 1. The molecular weight excluding hydrogens is 615 g/mol. The van der Waals surface area contributed by atoms with E-state index in [2.05, 4.69) is 162 Å². The largest absolute Gasteiger partial charge is 0.292 e. The molecule has 0 amide bonds. The van der Waals surface area contributed by atoms with Crippen molar-refractivity contribution in [2.75, 3.05) is 0 Å². The van der Waals surface area contributed by atoms with Crippen LogP contribution in [0.2, 0.25) is 0 Å². The van der Waals surface area contributed by atoms with Gasteiger partial charge in [-0.25, -0.2) is 4.98 Å². The standard InChI is InChI=1S/C45H27N3S/c46-28-29-22-24-30(25-23-29)35-26-31(44-47-40-19-9-10-20-41(40)48(44)32-12-2-1-3-13-32)27-39-43(35)49-42-21-11-8-18-38(42)45(39)36-16-6-4-14-33(36)34-15-5-7-17-37(34)45/h1-27H. The van der Waals surface area contributed by atoms with Gasteiger partial charge in [-0.1, -0.05) is 121 Å². The van der Waals surface area contributed by atoms with E-state index in [1.807, 2.05) is 23.9 Å². The van der Waals surface area contributed by atoms with Gasteiger partial charge in [0.1, 0.15) is 5.82 Å². The lowest BCUT2D eigenvalue weighted by Crippen LogP contribution is -2.32. The highest BCUT2D eigenvalue weighted by molar-refractivity contribution is 7.99. The van der Waals surface area contributed by atoms with Gasteiger partial charge >= 0.3 is 0 Å². The van der Waals surface area contributed by atoms with Crippen LogP contribution in [0.5, 0.6) is 0 Å². The zero-order valence-corrected chi connectivity index (χ0v) is 27.2. The summed E-state index contributed by atoms with van der Waals surface area (Å²) in [6.45, 7) is 0. The first-order chi connectivity index (χ1) is 24.3. The van der Waals surface area contributed by atoms with E-state index in [1.165, 1.54) is 43.2 Å². The average molecular weight is 642 g/mol. The van der Waals surface area contributed by atoms with Crippen molar-refractivity contribution in [3.05, 3.63) is 192 Å². The second-order valence-electron chi connectivity index (χ2n) is 12.6. The van der Waals surface area contributed by atoms with Crippen LogP contribution in [0.15, 0.2) is 174 Å². The minimum atomic E-state index is -0.536. The first kappa shape index (κ1) is 27.9. The molecule has 0 bridgehead atoms. The maximum Gasteiger partial charge on any atom is 0.145 e. The third kappa shape index (κ3) is 3.94. The van der Waals surface area contributed by atoms with Gasteiger partial charge in [-0.15, -0.1) is 0 Å². The van der Waals surface area contributed by atoms with Crippen LogP contribution in [0, 0.1) is 11.3 Å². The molecule has 4 heteroatoms. The highest BCUT2D eigenvalue weighted by atomic mass is 32.2. The third-order valence-electron chi connectivity index (χ3n) is 10.1. The van der Waals surface area contributed by atoms with Gasteiger partial charge < -0.3 is 0 Å². The SMILES string of the molecule is N#Cc1ccc(-c2cc(-c3nc4ccccc4n3-c3ccccc3)cc3c2Sc2ccccc2C32c3ccccc3-c3ccccc32)cc1. The Morgan fingerprint density at radius 1 is 0.551 bits per heavy atom. The maximum absolute atomic E-state index is 9.66. The van der Waals surface area contributed by atoms with Gasteiger partial charge in [0.05, 0.1) is 28.1 Å². The van der Waals surface area contributed by atoms with Crippen LogP contribution in [0.3, 0.4) is 0 Å². The maximum atomic E-state index is 9.66. The summed E-state index contributed by atoms with van der Waals surface area (Å²) in [7, 11) is 0. The fourth-order valence-corrected chi connectivity index (χ4v) is 9.39. The average Bonchev–Trinajstić information content (AvgIpc) is 3.70. The van der Waals surface area contributed by atoms with Gasteiger partial charge in [-0.2, -0.15) is 5.26 Å². The topological polar surface area (TPSA) is 41.6 Å². The Morgan fingerprint density at radius 2 is 1.18 bits per heavy atom. The lowest BCUT2D eigenvalue weighted by atomic mass is 9.66. The second kappa shape index (κ2) is 10.7. The zero-order valence-electron chi connectivity index (χ0n) is 26.3. The van der Waals surface area contributed by atoms with E-state index < -0.39 is 5.41 Å². The molecule has 0 atom stereocenters. The predicted octanol–water partition coefficient (Wildman–Crippen LogP) is 11.1. The summed E-state index contributed by atoms with van der Waals surface area (Å²) in [5, 5.41) is 9.66. The molecule has 228 valence electrons. The molecule has 0 radical (unpaired) electrons. The van der Waals surface area contributed by atoms with Crippen molar-refractivity contribution >= 4 is 22.8 Å². The van der Waals surface area contributed by atoms with Gasteiger partial charge in [0.15, 0.2) is 0 Å². The lowest BCUT2D eigenvalue weighted by molar-refractivity contribution is 0.723. The number of nitrogens with zero attached hydrogens (tertiary/aromatic N) is 3. The summed E-state index contributed by atoms with van der Waals surface area (Å²) in [5.41, 5.74) is 14.1. The van der Waals surface area contributed by atoms with Gasteiger partial charge in [0.2, 0.25) is 0 Å². The molecule has 0 unspecified atom stereocenters. The normalized spacial score (nSPS) is 13.4. The summed E-state index contributed by atoms with van der Waals surface area (Å²) in [6.07, 6.45) is 0. The Balaban J connectivity index is 1.37. The molecule has 2 heterocycles. The molecule has 0 saturated heterocycles. The number of aromatic nitrogens is 2. The van der Waals surface area contributed by atoms with Crippen LogP contribution in [0.1, 0.15) is 27.8 Å². The molecule has 2 aliphatic rings. The molecule has 8 aromatic rings. The lowest BCUT2D eigenvalue weighted by Gasteiger charge is -2.40. The quantitative estimate of drug-likeness (QED) is 0.193. The first-order valence-electron chi connectivity index (χ1n) is 16.4. The third-order valence-corrected chi connectivity index (χ3v) is 11.3. The first-order valence-corrected chi connectivity index (χ1v) is 17.3. The predicted molar refractivity (Wildman–Crippen MR) is 198 cm³/mol. The summed E-state index contributed by atoms with van der Waals surface area (Å²) in [5.74, 6) is 0.892. The molecule has 0 fully saturated rings. The highest BCUT2D eigenvalue weighted by Gasteiger charge is 2.50. The van der Waals surface area contributed by atoms with Crippen molar-refractivity contribution in [1.82, 2.24) is 9.55 Å². The van der Waals surface area contributed by atoms with Crippen molar-refractivity contribution in [2.24, 2.45) is 0 Å². The molecular formula is C45H27N3S. The molecule has 1 aromatic heterocycles. The van der Waals surface area contributed by atoms with E-state index in [0.717, 1.165) is 39.2 Å². The monoisotopic (exact) mass is 641 g/mol. The van der Waals surface area contributed by atoms with Crippen molar-refractivity contribution in [1.29, 1.82) is 5.26 Å². The number of imidazole rings is 1. The molecule has 1 spiro atoms.